The second kappa shape index (κ2) is 3.95. The maximum atomic E-state index is 11.7. The summed E-state index contributed by atoms with van der Waals surface area (Å²) >= 11 is 0. The summed E-state index contributed by atoms with van der Waals surface area (Å²) in [6, 6.07) is 0. The highest BCUT2D eigenvalue weighted by Gasteiger charge is 2.21. The minimum atomic E-state index is 0.259. The number of hydrogen-bond acceptors (Lipinski definition) is 2. The number of rotatable bonds is 4. The van der Waals surface area contributed by atoms with E-state index in [0.717, 1.165) is 18.5 Å². The second-order valence-electron chi connectivity index (χ2n) is 4.01. The van der Waals surface area contributed by atoms with Crippen molar-refractivity contribution in [3.8, 4) is 0 Å². The number of hydrogen-bond donors (Lipinski definition) is 0. The van der Waals surface area contributed by atoms with Crippen LogP contribution in [0.1, 0.15) is 43.0 Å². The molecule has 0 N–H and O–H groups in total. The fourth-order valence-electron chi connectivity index (χ4n) is 1.76. The van der Waals surface area contributed by atoms with Crippen molar-refractivity contribution in [2.24, 2.45) is 5.92 Å². The minimum absolute atomic E-state index is 0.259. The molecule has 1 fully saturated rings. The van der Waals surface area contributed by atoms with E-state index in [-0.39, 0.29) is 5.78 Å². The van der Waals surface area contributed by atoms with Crippen LogP contribution in [0.25, 0.3) is 0 Å². The van der Waals surface area contributed by atoms with E-state index < -0.39 is 0 Å². The molecule has 1 aliphatic carbocycles. The zero-order valence-electron chi connectivity index (χ0n) is 8.57. The lowest BCUT2D eigenvalue weighted by Crippen LogP contribution is -2.15. The molecule has 1 saturated carbocycles. The van der Waals surface area contributed by atoms with Crippen molar-refractivity contribution in [2.45, 2.75) is 39.2 Å². The molecule has 0 aromatic carbocycles. The van der Waals surface area contributed by atoms with E-state index in [0.29, 0.717) is 5.92 Å². The van der Waals surface area contributed by atoms with Crippen LogP contribution in [0.4, 0.5) is 0 Å². The molecule has 2 rings (SSSR count). The minimum Gasteiger partial charge on any atom is -0.294 e. The van der Waals surface area contributed by atoms with E-state index >= 15 is 0 Å². The van der Waals surface area contributed by atoms with Crippen molar-refractivity contribution >= 4 is 5.78 Å². The molecule has 1 aromatic rings. The van der Waals surface area contributed by atoms with Gasteiger partial charge in [0.15, 0.2) is 5.78 Å². The Labute approximate surface area is 84.1 Å². The Morgan fingerprint density at radius 1 is 1.64 bits per heavy atom. The average Bonchev–Trinajstić information content (AvgIpc) is 2.59. The van der Waals surface area contributed by atoms with Gasteiger partial charge in [-0.1, -0.05) is 19.3 Å². The number of ketones is 1. The van der Waals surface area contributed by atoms with Crippen LogP contribution < -0.4 is 0 Å². The number of nitrogens with zero attached hydrogens (tertiary/aromatic N) is 2. The lowest BCUT2D eigenvalue weighted by molar-refractivity contribution is 0.0936. The van der Waals surface area contributed by atoms with Crippen LogP contribution >= 0.6 is 0 Å². The summed E-state index contributed by atoms with van der Waals surface area (Å²) in [6.07, 6.45) is 8.01. The van der Waals surface area contributed by atoms with Crippen molar-refractivity contribution in [1.82, 2.24) is 9.78 Å². The van der Waals surface area contributed by atoms with Gasteiger partial charge in [-0.2, -0.15) is 5.10 Å². The molecule has 0 spiro atoms. The molecule has 0 radical (unpaired) electrons. The Kier molecular flexibility index (Phi) is 2.66. The molecule has 3 nitrogen and oxygen atoms in total. The molecule has 0 unspecified atom stereocenters. The standard InChI is InChI=1S/C11H16N2O/c1-2-13-8-10(7-12-13)11(14)6-9-4-3-5-9/h7-9H,2-6H2,1H3. The Bertz CT molecular complexity index is 326. The van der Waals surface area contributed by atoms with Gasteiger partial charge in [0, 0.05) is 19.2 Å². The van der Waals surface area contributed by atoms with E-state index in [4.69, 9.17) is 0 Å². The van der Waals surface area contributed by atoms with Crippen molar-refractivity contribution in [2.75, 3.05) is 0 Å². The highest BCUT2D eigenvalue weighted by molar-refractivity contribution is 5.95. The SMILES string of the molecule is CCn1cc(C(=O)CC2CCC2)cn1. The van der Waals surface area contributed by atoms with Crippen molar-refractivity contribution < 1.29 is 4.79 Å². The molecule has 1 heterocycles. The number of carbonyl (C=O) groups is 1. The Balaban J connectivity index is 1.95. The first-order valence-corrected chi connectivity index (χ1v) is 5.35. The van der Waals surface area contributed by atoms with Gasteiger partial charge in [-0.25, -0.2) is 0 Å². The smallest absolute Gasteiger partial charge is 0.166 e. The third-order valence-corrected chi connectivity index (χ3v) is 2.98. The summed E-state index contributed by atoms with van der Waals surface area (Å²) in [4.78, 5) is 11.7. The fraction of sp³-hybridized carbons (Fsp3) is 0.636. The van der Waals surface area contributed by atoms with Gasteiger partial charge in [-0.3, -0.25) is 9.48 Å². The van der Waals surface area contributed by atoms with Gasteiger partial charge in [-0.05, 0) is 12.8 Å². The van der Waals surface area contributed by atoms with E-state index in [1.807, 2.05) is 13.1 Å². The van der Waals surface area contributed by atoms with Crippen LogP contribution in [0.5, 0.6) is 0 Å². The van der Waals surface area contributed by atoms with Crippen LogP contribution in [-0.4, -0.2) is 15.6 Å². The first kappa shape index (κ1) is 9.44. The first-order valence-electron chi connectivity index (χ1n) is 5.35. The maximum Gasteiger partial charge on any atom is 0.166 e. The monoisotopic (exact) mass is 192 g/mol. The zero-order chi connectivity index (χ0) is 9.97. The molecular weight excluding hydrogens is 176 g/mol. The largest absolute Gasteiger partial charge is 0.294 e. The topological polar surface area (TPSA) is 34.9 Å². The molecule has 3 heteroatoms. The molecule has 0 atom stereocenters. The Hall–Kier alpha value is -1.12. The first-order chi connectivity index (χ1) is 6.79. The molecule has 1 aromatic heterocycles. The van der Waals surface area contributed by atoms with Crippen LogP contribution in [0, 0.1) is 5.92 Å². The van der Waals surface area contributed by atoms with Crippen molar-refractivity contribution in [1.29, 1.82) is 0 Å². The van der Waals surface area contributed by atoms with E-state index in [9.17, 15) is 4.79 Å². The van der Waals surface area contributed by atoms with E-state index in [2.05, 4.69) is 5.10 Å². The molecule has 0 saturated heterocycles. The van der Waals surface area contributed by atoms with Gasteiger partial charge < -0.3 is 0 Å². The maximum absolute atomic E-state index is 11.7. The van der Waals surface area contributed by atoms with Crippen LogP contribution in [0.2, 0.25) is 0 Å². The lowest BCUT2D eigenvalue weighted by Gasteiger charge is -2.23. The summed E-state index contributed by atoms with van der Waals surface area (Å²) in [6.45, 7) is 2.85. The number of aryl methyl sites for hydroxylation is 1. The molecule has 1 aliphatic rings. The Morgan fingerprint density at radius 2 is 2.43 bits per heavy atom. The van der Waals surface area contributed by atoms with E-state index in [1.54, 1.807) is 10.9 Å². The number of aromatic nitrogens is 2. The van der Waals surface area contributed by atoms with Crippen molar-refractivity contribution in [3.63, 3.8) is 0 Å². The third kappa shape index (κ3) is 1.86. The number of carbonyl (C=O) groups excluding carboxylic acids is 1. The van der Waals surface area contributed by atoms with Gasteiger partial charge in [-0.15, -0.1) is 0 Å². The summed E-state index contributed by atoms with van der Waals surface area (Å²) in [7, 11) is 0. The molecule has 0 bridgehead atoms. The number of Topliss-reactive ketones (excluding diaryl/α,β-unsaturated/α-hetero) is 1. The molecule has 14 heavy (non-hydrogen) atoms. The van der Waals surface area contributed by atoms with Crippen LogP contribution in [0.15, 0.2) is 12.4 Å². The van der Waals surface area contributed by atoms with Gasteiger partial charge >= 0.3 is 0 Å². The average molecular weight is 192 g/mol. The molecular formula is C11H16N2O. The highest BCUT2D eigenvalue weighted by Crippen LogP contribution is 2.30. The van der Waals surface area contributed by atoms with E-state index in [1.165, 1.54) is 19.3 Å². The molecule has 76 valence electrons. The molecule has 0 aliphatic heterocycles. The quantitative estimate of drug-likeness (QED) is 0.686. The van der Waals surface area contributed by atoms with Gasteiger partial charge in [0.25, 0.3) is 0 Å². The summed E-state index contributed by atoms with van der Waals surface area (Å²) in [5.74, 6) is 0.905. The summed E-state index contributed by atoms with van der Waals surface area (Å²) in [5.41, 5.74) is 0.777. The Morgan fingerprint density at radius 3 is 2.93 bits per heavy atom. The van der Waals surface area contributed by atoms with Crippen LogP contribution in [0.3, 0.4) is 0 Å². The second-order valence-corrected chi connectivity index (χ2v) is 4.01. The van der Waals surface area contributed by atoms with Crippen molar-refractivity contribution in [3.05, 3.63) is 18.0 Å². The third-order valence-electron chi connectivity index (χ3n) is 2.98. The van der Waals surface area contributed by atoms with Crippen LogP contribution in [-0.2, 0) is 6.54 Å². The normalized spacial score (nSPS) is 16.6. The highest BCUT2D eigenvalue weighted by atomic mass is 16.1. The molecule has 0 amide bonds. The zero-order valence-corrected chi connectivity index (χ0v) is 8.57. The lowest BCUT2D eigenvalue weighted by atomic mass is 9.81. The fourth-order valence-corrected chi connectivity index (χ4v) is 1.76. The predicted octanol–water partition coefficient (Wildman–Crippen LogP) is 2.28. The van der Waals surface area contributed by atoms with Gasteiger partial charge in [0.05, 0.1) is 11.8 Å². The van der Waals surface area contributed by atoms with Gasteiger partial charge in [0.2, 0.25) is 0 Å². The van der Waals surface area contributed by atoms with Gasteiger partial charge in [0.1, 0.15) is 0 Å². The summed E-state index contributed by atoms with van der Waals surface area (Å²) < 4.78 is 1.80. The summed E-state index contributed by atoms with van der Waals surface area (Å²) in [5, 5.41) is 4.10. The predicted molar refractivity (Wildman–Crippen MR) is 54.2 cm³/mol.